The van der Waals surface area contributed by atoms with Crippen LogP contribution >= 0.6 is 0 Å². The molecule has 1 aromatic rings. The van der Waals surface area contributed by atoms with Crippen LogP contribution < -0.4 is 11.1 Å². The Labute approximate surface area is 100 Å². The molecule has 0 amide bonds. The maximum Gasteiger partial charge on any atom is 0.295 e. The van der Waals surface area contributed by atoms with Crippen LogP contribution in [0, 0.1) is 23.0 Å². The Bertz CT molecular complexity index is 430. The van der Waals surface area contributed by atoms with Gasteiger partial charge in [-0.2, -0.15) is 0 Å². The second-order valence-corrected chi connectivity index (χ2v) is 4.55. The molecule has 5 nitrogen and oxygen atoms in total. The molecule has 92 valence electrons. The number of para-hydroxylation sites is 1. The zero-order chi connectivity index (χ0) is 12.4. The van der Waals surface area contributed by atoms with Crippen molar-refractivity contribution in [2.75, 3.05) is 11.9 Å². The molecule has 0 heterocycles. The van der Waals surface area contributed by atoms with Gasteiger partial charge in [0.2, 0.25) is 0 Å². The average Bonchev–Trinajstić information content (AvgIpc) is 3.09. The van der Waals surface area contributed by atoms with Crippen molar-refractivity contribution in [2.24, 2.45) is 11.7 Å². The molecule has 5 heteroatoms. The number of benzene rings is 1. The van der Waals surface area contributed by atoms with Gasteiger partial charge in [0.25, 0.3) is 5.69 Å². The van der Waals surface area contributed by atoms with E-state index in [0.29, 0.717) is 23.7 Å². The van der Waals surface area contributed by atoms with Crippen LogP contribution in [0.15, 0.2) is 18.2 Å². The number of nitrogens with two attached hydrogens (primary N) is 1. The number of hydrogen-bond donors (Lipinski definition) is 2. The lowest BCUT2D eigenvalue weighted by Gasteiger charge is -2.17. The normalized spacial score (nSPS) is 16.6. The molecule has 17 heavy (non-hydrogen) atoms. The van der Waals surface area contributed by atoms with E-state index in [4.69, 9.17) is 5.73 Å². The van der Waals surface area contributed by atoms with Crippen LogP contribution in [0.4, 0.5) is 11.4 Å². The zero-order valence-electron chi connectivity index (χ0n) is 9.85. The van der Waals surface area contributed by atoms with Crippen molar-refractivity contribution in [3.8, 4) is 0 Å². The summed E-state index contributed by atoms with van der Waals surface area (Å²) in [6.45, 7) is 2.26. The molecule has 1 aliphatic carbocycles. The average molecular weight is 235 g/mol. The van der Waals surface area contributed by atoms with E-state index >= 15 is 0 Å². The quantitative estimate of drug-likeness (QED) is 0.604. The molecule has 0 saturated heterocycles. The molecule has 1 atom stereocenters. The first-order chi connectivity index (χ1) is 8.13. The van der Waals surface area contributed by atoms with Gasteiger partial charge >= 0.3 is 0 Å². The Hall–Kier alpha value is -1.62. The molecule has 0 radical (unpaired) electrons. The Morgan fingerprint density at radius 2 is 2.29 bits per heavy atom. The van der Waals surface area contributed by atoms with Gasteiger partial charge < -0.3 is 11.1 Å². The van der Waals surface area contributed by atoms with Crippen molar-refractivity contribution in [2.45, 2.75) is 25.8 Å². The van der Waals surface area contributed by atoms with Gasteiger partial charge in [0.15, 0.2) is 0 Å². The SMILES string of the molecule is Cc1cccc(NC(CN)C2CC2)c1[N+](=O)[O-]. The highest BCUT2D eigenvalue weighted by atomic mass is 16.6. The summed E-state index contributed by atoms with van der Waals surface area (Å²) in [5.41, 5.74) is 7.11. The number of hydrogen-bond acceptors (Lipinski definition) is 4. The van der Waals surface area contributed by atoms with E-state index in [9.17, 15) is 10.1 Å². The van der Waals surface area contributed by atoms with Gasteiger partial charge in [-0.25, -0.2) is 0 Å². The van der Waals surface area contributed by atoms with Crippen LogP contribution in [0.25, 0.3) is 0 Å². The molecule has 1 fully saturated rings. The van der Waals surface area contributed by atoms with Crippen molar-refractivity contribution in [1.29, 1.82) is 0 Å². The van der Waals surface area contributed by atoms with Crippen LogP contribution in [0.1, 0.15) is 18.4 Å². The molecule has 0 bridgehead atoms. The molecule has 2 rings (SSSR count). The number of nitrogens with zero attached hydrogens (tertiary/aromatic N) is 1. The van der Waals surface area contributed by atoms with E-state index in [2.05, 4.69) is 5.32 Å². The molecule has 0 spiro atoms. The summed E-state index contributed by atoms with van der Waals surface area (Å²) in [7, 11) is 0. The number of nitro groups is 1. The van der Waals surface area contributed by atoms with E-state index in [-0.39, 0.29) is 16.7 Å². The van der Waals surface area contributed by atoms with Gasteiger partial charge in [-0.3, -0.25) is 10.1 Å². The number of nitro benzene ring substituents is 1. The summed E-state index contributed by atoms with van der Waals surface area (Å²) in [6.07, 6.45) is 2.32. The lowest BCUT2D eigenvalue weighted by Crippen LogP contribution is -2.31. The van der Waals surface area contributed by atoms with Crippen molar-refractivity contribution in [1.82, 2.24) is 0 Å². The molecule has 3 N–H and O–H groups in total. The number of anilines is 1. The lowest BCUT2D eigenvalue weighted by atomic mass is 10.1. The van der Waals surface area contributed by atoms with Crippen molar-refractivity contribution < 1.29 is 4.92 Å². The van der Waals surface area contributed by atoms with E-state index < -0.39 is 0 Å². The second-order valence-electron chi connectivity index (χ2n) is 4.55. The minimum atomic E-state index is -0.335. The summed E-state index contributed by atoms with van der Waals surface area (Å²) >= 11 is 0. The maximum atomic E-state index is 11.0. The van der Waals surface area contributed by atoms with Gasteiger partial charge in [-0.15, -0.1) is 0 Å². The third-order valence-electron chi connectivity index (χ3n) is 3.21. The molecule has 0 aromatic heterocycles. The highest BCUT2D eigenvalue weighted by Gasteiger charge is 2.31. The third-order valence-corrected chi connectivity index (χ3v) is 3.21. The number of nitrogens with one attached hydrogen (secondary N) is 1. The molecular formula is C12H17N3O2. The fourth-order valence-electron chi connectivity index (χ4n) is 2.09. The van der Waals surface area contributed by atoms with E-state index in [0.717, 1.165) is 12.8 Å². The second kappa shape index (κ2) is 4.71. The lowest BCUT2D eigenvalue weighted by molar-refractivity contribution is -0.384. The van der Waals surface area contributed by atoms with Gasteiger partial charge in [0.05, 0.1) is 4.92 Å². The first-order valence-corrected chi connectivity index (χ1v) is 5.84. The molecule has 1 aromatic carbocycles. The third kappa shape index (κ3) is 2.55. The van der Waals surface area contributed by atoms with E-state index in [1.165, 1.54) is 0 Å². The summed E-state index contributed by atoms with van der Waals surface area (Å²) in [4.78, 5) is 10.7. The first kappa shape index (κ1) is 11.9. The smallest absolute Gasteiger partial charge is 0.295 e. The highest BCUT2D eigenvalue weighted by Crippen LogP contribution is 2.36. The molecule has 1 unspecified atom stereocenters. The largest absolute Gasteiger partial charge is 0.375 e. The van der Waals surface area contributed by atoms with Crippen molar-refractivity contribution in [3.05, 3.63) is 33.9 Å². The van der Waals surface area contributed by atoms with Gasteiger partial charge in [0, 0.05) is 18.2 Å². The standard InChI is InChI=1S/C12H17N3O2/c1-8-3-2-4-10(12(8)15(16)17)14-11(7-13)9-5-6-9/h2-4,9,11,14H,5-7,13H2,1H3. The Morgan fingerprint density at radius 3 is 2.82 bits per heavy atom. The highest BCUT2D eigenvalue weighted by molar-refractivity contribution is 5.65. The monoisotopic (exact) mass is 235 g/mol. The zero-order valence-corrected chi connectivity index (χ0v) is 9.85. The maximum absolute atomic E-state index is 11.0. The number of aryl methyl sites for hydroxylation is 1. The van der Waals surface area contributed by atoms with Crippen molar-refractivity contribution in [3.63, 3.8) is 0 Å². The Balaban J connectivity index is 2.24. The van der Waals surface area contributed by atoms with Gasteiger partial charge in [0.1, 0.15) is 5.69 Å². The summed E-state index contributed by atoms with van der Waals surface area (Å²) < 4.78 is 0. The first-order valence-electron chi connectivity index (χ1n) is 5.84. The van der Waals surface area contributed by atoms with Crippen LogP contribution in [-0.2, 0) is 0 Å². The molecule has 1 saturated carbocycles. The minimum Gasteiger partial charge on any atom is -0.375 e. The van der Waals surface area contributed by atoms with Crippen LogP contribution in [-0.4, -0.2) is 17.5 Å². The van der Waals surface area contributed by atoms with E-state index in [1.807, 2.05) is 6.07 Å². The summed E-state index contributed by atoms with van der Waals surface area (Å²) in [6, 6.07) is 5.47. The number of rotatable bonds is 5. The van der Waals surface area contributed by atoms with Crippen LogP contribution in [0.3, 0.4) is 0 Å². The van der Waals surface area contributed by atoms with Crippen LogP contribution in [0.5, 0.6) is 0 Å². The molecule has 1 aliphatic rings. The Kier molecular flexibility index (Phi) is 3.28. The summed E-state index contributed by atoms with van der Waals surface area (Å²) in [5.74, 6) is 0.570. The predicted molar refractivity (Wildman–Crippen MR) is 67.0 cm³/mol. The summed E-state index contributed by atoms with van der Waals surface area (Å²) in [5, 5.41) is 14.2. The van der Waals surface area contributed by atoms with Crippen LogP contribution in [0.2, 0.25) is 0 Å². The van der Waals surface area contributed by atoms with Crippen molar-refractivity contribution >= 4 is 11.4 Å². The molecular weight excluding hydrogens is 218 g/mol. The van der Waals surface area contributed by atoms with Gasteiger partial charge in [-0.05, 0) is 31.7 Å². The fourth-order valence-corrected chi connectivity index (χ4v) is 2.09. The van der Waals surface area contributed by atoms with Gasteiger partial charge in [-0.1, -0.05) is 12.1 Å². The fraction of sp³-hybridized carbons (Fsp3) is 0.500. The predicted octanol–water partition coefficient (Wildman–Crippen LogP) is 2.05. The minimum absolute atomic E-state index is 0.149. The topological polar surface area (TPSA) is 81.2 Å². The molecule has 0 aliphatic heterocycles. The Morgan fingerprint density at radius 1 is 1.59 bits per heavy atom. The van der Waals surface area contributed by atoms with E-state index in [1.54, 1.807) is 19.1 Å².